The lowest BCUT2D eigenvalue weighted by molar-refractivity contribution is 0.185. The summed E-state index contributed by atoms with van der Waals surface area (Å²) in [5.74, 6) is 2.53. The molecule has 0 aliphatic carbocycles. The summed E-state index contributed by atoms with van der Waals surface area (Å²) in [7, 11) is 1.68. The highest BCUT2D eigenvalue weighted by molar-refractivity contribution is 5.46. The van der Waals surface area contributed by atoms with Crippen molar-refractivity contribution in [2.45, 2.75) is 6.61 Å². The van der Waals surface area contributed by atoms with Gasteiger partial charge in [-0.15, -0.1) is 6.42 Å². The molecule has 0 unspecified atom stereocenters. The van der Waals surface area contributed by atoms with Crippen LogP contribution in [0.25, 0.3) is 0 Å². The van der Waals surface area contributed by atoms with Gasteiger partial charge in [0.1, 0.15) is 0 Å². The lowest BCUT2D eigenvalue weighted by Gasteiger charge is -2.04. The van der Waals surface area contributed by atoms with Gasteiger partial charge in [0.2, 0.25) is 0 Å². The monoisotopic (exact) mass is 175 g/mol. The van der Waals surface area contributed by atoms with Gasteiger partial charge < -0.3 is 10.1 Å². The predicted molar refractivity (Wildman–Crippen MR) is 54.5 cm³/mol. The van der Waals surface area contributed by atoms with Crippen molar-refractivity contribution in [1.82, 2.24) is 0 Å². The van der Waals surface area contributed by atoms with Crippen molar-refractivity contribution in [1.29, 1.82) is 0 Å². The van der Waals surface area contributed by atoms with Gasteiger partial charge in [-0.1, -0.05) is 18.1 Å². The molecular formula is C11H13NO. The Morgan fingerprint density at radius 2 is 2.38 bits per heavy atom. The summed E-state index contributed by atoms with van der Waals surface area (Å²) in [5.41, 5.74) is 2.18. The van der Waals surface area contributed by atoms with Crippen LogP contribution in [-0.4, -0.2) is 13.7 Å². The van der Waals surface area contributed by atoms with Crippen molar-refractivity contribution in [2.24, 2.45) is 0 Å². The Kier molecular flexibility index (Phi) is 3.87. The van der Waals surface area contributed by atoms with E-state index >= 15 is 0 Å². The number of methoxy groups -OCH3 is 1. The van der Waals surface area contributed by atoms with Gasteiger partial charge in [0.15, 0.2) is 0 Å². The molecule has 0 heterocycles. The van der Waals surface area contributed by atoms with E-state index in [0.717, 1.165) is 11.3 Å². The first-order valence-electron chi connectivity index (χ1n) is 4.12. The third-order valence-electron chi connectivity index (χ3n) is 1.63. The number of benzene rings is 1. The third kappa shape index (κ3) is 3.18. The van der Waals surface area contributed by atoms with E-state index in [9.17, 15) is 0 Å². The molecule has 2 heteroatoms. The average Bonchev–Trinajstić information content (AvgIpc) is 2.16. The van der Waals surface area contributed by atoms with Gasteiger partial charge in [0, 0.05) is 12.8 Å². The quantitative estimate of drug-likeness (QED) is 0.705. The Morgan fingerprint density at radius 3 is 3.08 bits per heavy atom. The molecule has 0 bridgehead atoms. The molecule has 1 aromatic rings. The summed E-state index contributed by atoms with van der Waals surface area (Å²) >= 11 is 0. The summed E-state index contributed by atoms with van der Waals surface area (Å²) in [6.07, 6.45) is 5.14. The van der Waals surface area contributed by atoms with E-state index in [1.54, 1.807) is 7.11 Å². The molecule has 0 radical (unpaired) electrons. The van der Waals surface area contributed by atoms with Crippen LogP contribution in [0.1, 0.15) is 5.56 Å². The SMILES string of the molecule is C#CCNc1cccc(COC)c1. The Bertz CT molecular complexity index is 301. The van der Waals surface area contributed by atoms with Crippen molar-refractivity contribution >= 4 is 5.69 Å². The molecule has 1 N–H and O–H groups in total. The highest BCUT2D eigenvalue weighted by atomic mass is 16.5. The zero-order valence-corrected chi connectivity index (χ0v) is 7.71. The zero-order valence-electron chi connectivity index (χ0n) is 7.71. The normalized spacial score (nSPS) is 9.23. The highest BCUT2D eigenvalue weighted by Gasteiger charge is 1.93. The number of hydrogen-bond acceptors (Lipinski definition) is 2. The molecule has 1 aromatic carbocycles. The topological polar surface area (TPSA) is 21.3 Å². The van der Waals surface area contributed by atoms with E-state index in [1.807, 2.05) is 24.3 Å². The van der Waals surface area contributed by atoms with E-state index in [-0.39, 0.29) is 0 Å². The van der Waals surface area contributed by atoms with Gasteiger partial charge in [0.05, 0.1) is 13.2 Å². The van der Waals surface area contributed by atoms with Gasteiger partial charge in [-0.3, -0.25) is 0 Å². The first kappa shape index (κ1) is 9.63. The standard InChI is InChI=1S/C11H13NO/c1-3-7-12-11-6-4-5-10(8-11)9-13-2/h1,4-6,8,12H,7,9H2,2H3. The number of hydrogen-bond donors (Lipinski definition) is 1. The molecule has 0 saturated carbocycles. The maximum absolute atomic E-state index is 5.14. The minimum absolute atomic E-state index is 0.552. The van der Waals surface area contributed by atoms with Crippen LogP contribution in [0.5, 0.6) is 0 Å². The van der Waals surface area contributed by atoms with Crippen molar-refractivity contribution in [3.05, 3.63) is 29.8 Å². The Labute approximate surface area is 78.9 Å². The van der Waals surface area contributed by atoms with Crippen molar-refractivity contribution in [2.75, 3.05) is 19.0 Å². The zero-order chi connectivity index (χ0) is 9.52. The second-order valence-electron chi connectivity index (χ2n) is 2.69. The molecule has 0 amide bonds. The summed E-state index contributed by atoms with van der Waals surface area (Å²) in [5, 5.41) is 3.10. The van der Waals surface area contributed by atoms with Gasteiger partial charge in [-0.25, -0.2) is 0 Å². The summed E-state index contributed by atoms with van der Waals surface area (Å²) < 4.78 is 5.02. The molecule has 13 heavy (non-hydrogen) atoms. The summed E-state index contributed by atoms with van der Waals surface area (Å²) in [6, 6.07) is 8.01. The molecular weight excluding hydrogens is 162 g/mol. The van der Waals surface area contributed by atoms with Crippen LogP contribution in [0.2, 0.25) is 0 Å². The molecule has 0 spiro atoms. The van der Waals surface area contributed by atoms with Crippen LogP contribution in [0.4, 0.5) is 5.69 Å². The van der Waals surface area contributed by atoms with Crippen molar-refractivity contribution in [3.63, 3.8) is 0 Å². The van der Waals surface area contributed by atoms with E-state index < -0.39 is 0 Å². The highest BCUT2D eigenvalue weighted by Crippen LogP contribution is 2.10. The number of anilines is 1. The molecule has 1 rings (SSSR count). The summed E-state index contributed by atoms with van der Waals surface area (Å²) in [6.45, 7) is 1.18. The van der Waals surface area contributed by atoms with Gasteiger partial charge in [0.25, 0.3) is 0 Å². The van der Waals surface area contributed by atoms with Crippen LogP contribution in [0.3, 0.4) is 0 Å². The van der Waals surface area contributed by atoms with Crippen LogP contribution in [0, 0.1) is 12.3 Å². The van der Waals surface area contributed by atoms with Gasteiger partial charge in [-0.05, 0) is 17.7 Å². The van der Waals surface area contributed by atoms with Crippen molar-refractivity contribution in [3.8, 4) is 12.3 Å². The van der Waals surface area contributed by atoms with Crippen LogP contribution < -0.4 is 5.32 Å². The smallest absolute Gasteiger partial charge is 0.0763 e. The number of ether oxygens (including phenoxy) is 1. The first-order chi connectivity index (χ1) is 6.36. The molecule has 0 aliphatic rings. The number of terminal acetylenes is 1. The maximum Gasteiger partial charge on any atom is 0.0763 e. The molecule has 68 valence electrons. The van der Waals surface area contributed by atoms with Gasteiger partial charge in [-0.2, -0.15) is 0 Å². The maximum atomic E-state index is 5.14. The lowest BCUT2D eigenvalue weighted by atomic mass is 10.2. The van der Waals surface area contributed by atoms with Crippen LogP contribution in [-0.2, 0) is 11.3 Å². The minimum atomic E-state index is 0.552. The van der Waals surface area contributed by atoms with E-state index in [0.29, 0.717) is 13.2 Å². The predicted octanol–water partition coefficient (Wildman–Crippen LogP) is 1.88. The number of nitrogens with one attached hydrogen (secondary N) is 1. The molecule has 0 saturated heterocycles. The minimum Gasteiger partial charge on any atom is -0.380 e. The molecule has 0 fully saturated rings. The molecule has 0 atom stereocenters. The first-order valence-corrected chi connectivity index (χ1v) is 4.12. The fourth-order valence-corrected chi connectivity index (χ4v) is 1.09. The fourth-order valence-electron chi connectivity index (χ4n) is 1.09. The van der Waals surface area contributed by atoms with E-state index in [2.05, 4.69) is 11.2 Å². The Hall–Kier alpha value is -1.46. The van der Waals surface area contributed by atoms with E-state index in [1.165, 1.54) is 0 Å². The molecule has 2 nitrogen and oxygen atoms in total. The summed E-state index contributed by atoms with van der Waals surface area (Å²) in [4.78, 5) is 0. The van der Waals surface area contributed by atoms with E-state index in [4.69, 9.17) is 11.2 Å². The third-order valence-corrected chi connectivity index (χ3v) is 1.63. The Balaban J connectivity index is 2.63. The molecule has 0 aromatic heterocycles. The van der Waals surface area contributed by atoms with Crippen LogP contribution >= 0.6 is 0 Å². The fraction of sp³-hybridized carbons (Fsp3) is 0.273. The Morgan fingerprint density at radius 1 is 1.54 bits per heavy atom. The largest absolute Gasteiger partial charge is 0.380 e. The van der Waals surface area contributed by atoms with Crippen LogP contribution in [0.15, 0.2) is 24.3 Å². The average molecular weight is 175 g/mol. The second kappa shape index (κ2) is 5.23. The second-order valence-corrected chi connectivity index (χ2v) is 2.69. The van der Waals surface area contributed by atoms with Crippen molar-refractivity contribution < 1.29 is 4.74 Å². The number of rotatable bonds is 4. The van der Waals surface area contributed by atoms with Gasteiger partial charge >= 0.3 is 0 Å². The lowest BCUT2D eigenvalue weighted by Crippen LogP contribution is -1.98. The molecule has 0 aliphatic heterocycles.